The van der Waals surface area contributed by atoms with E-state index < -0.39 is 0 Å². The van der Waals surface area contributed by atoms with Crippen molar-refractivity contribution in [2.24, 2.45) is 0 Å². The number of rotatable bonds is 3. The van der Waals surface area contributed by atoms with Crippen LogP contribution in [0, 0.1) is 6.92 Å². The Morgan fingerprint density at radius 1 is 1.29 bits per heavy atom. The van der Waals surface area contributed by atoms with E-state index in [4.69, 9.17) is 11.6 Å². The first-order valence-corrected chi connectivity index (χ1v) is 7.06. The Kier molecular flexibility index (Phi) is 5.61. The fourth-order valence-electron chi connectivity index (χ4n) is 1.70. The Labute approximate surface area is 130 Å². The maximum atomic E-state index is 12.1. The highest BCUT2D eigenvalue weighted by molar-refractivity contribution is 6.31. The van der Waals surface area contributed by atoms with Gasteiger partial charge >= 0.3 is 6.03 Å². The number of carbonyl (C=O) groups is 2. The number of nitrogens with one attached hydrogen (secondary N) is 2. The molecule has 0 saturated carbocycles. The van der Waals surface area contributed by atoms with Gasteiger partial charge in [-0.15, -0.1) is 0 Å². The second-order valence-electron chi connectivity index (χ2n) is 6.00. The smallest absolute Gasteiger partial charge is 0.322 e. The monoisotopic (exact) mass is 311 g/mol. The highest BCUT2D eigenvalue weighted by atomic mass is 35.5. The van der Waals surface area contributed by atoms with Crippen molar-refractivity contribution in [3.8, 4) is 0 Å². The number of halogens is 1. The molecule has 5 nitrogen and oxygen atoms in total. The number of urea groups is 1. The van der Waals surface area contributed by atoms with E-state index in [0.717, 1.165) is 5.56 Å². The lowest BCUT2D eigenvalue weighted by molar-refractivity contribution is -0.122. The van der Waals surface area contributed by atoms with Crippen LogP contribution >= 0.6 is 11.6 Å². The third-order valence-electron chi connectivity index (χ3n) is 2.75. The van der Waals surface area contributed by atoms with E-state index in [1.807, 2.05) is 27.7 Å². The largest absolute Gasteiger partial charge is 0.350 e. The summed E-state index contributed by atoms with van der Waals surface area (Å²) in [6, 6.07) is 4.93. The number of hydrogen-bond donors (Lipinski definition) is 2. The summed E-state index contributed by atoms with van der Waals surface area (Å²) < 4.78 is 0. The molecular weight excluding hydrogens is 290 g/mol. The van der Waals surface area contributed by atoms with Gasteiger partial charge < -0.3 is 15.5 Å². The Morgan fingerprint density at radius 2 is 1.90 bits per heavy atom. The van der Waals surface area contributed by atoms with Crippen LogP contribution in [0.15, 0.2) is 18.2 Å². The van der Waals surface area contributed by atoms with Crippen LogP contribution in [-0.4, -0.2) is 36.0 Å². The lowest BCUT2D eigenvalue weighted by Crippen LogP contribution is -2.47. The van der Waals surface area contributed by atoms with Crippen LogP contribution in [0.5, 0.6) is 0 Å². The molecule has 0 aliphatic rings. The van der Waals surface area contributed by atoms with Crippen molar-refractivity contribution in [3.63, 3.8) is 0 Å². The quantitative estimate of drug-likeness (QED) is 0.901. The van der Waals surface area contributed by atoms with Gasteiger partial charge in [0.25, 0.3) is 0 Å². The lowest BCUT2D eigenvalue weighted by atomic mass is 10.1. The molecule has 3 amide bonds. The zero-order valence-corrected chi connectivity index (χ0v) is 13.8. The van der Waals surface area contributed by atoms with E-state index in [1.54, 1.807) is 25.2 Å². The van der Waals surface area contributed by atoms with Gasteiger partial charge in [-0.2, -0.15) is 0 Å². The minimum absolute atomic E-state index is 0.0112. The molecule has 0 heterocycles. The van der Waals surface area contributed by atoms with Crippen LogP contribution in [0.2, 0.25) is 5.02 Å². The molecule has 0 atom stereocenters. The van der Waals surface area contributed by atoms with Crippen LogP contribution in [0.25, 0.3) is 0 Å². The second-order valence-corrected chi connectivity index (χ2v) is 6.40. The van der Waals surface area contributed by atoms with Crippen LogP contribution in [0.3, 0.4) is 0 Å². The van der Waals surface area contributed by atoms with Crippen molar-refractivity contribution in [2.75, 3.05) is 18.9 Å². The van der Waals surface area contributed by atoms with Crippen molar-refractivity contribution in [2.45, 2.75) is 33.2 Å². The number of anilines is 1. The standard InChI is InChI=1S/C15H22ClN3O2/c1-10-11(16)7-6-8-12(10)17-14(21)19(5)9-13(20)18-15(2,3)4/h6-8H,9H2,1-5H3,(H,17,21)(H,18,20). The molecule has 2 N–H and O–H groups in total. The van der Waals surface area contributed by atoms with Crippen molar-refractivity contribution in [1.29, 1.82) is 0 Å². The fourth-order valence-corrected chi connectivity index (χ4v) is 1.87. The first-order valence-electron chi connectivity index (χ1n) is 6.68. The highest BCUT2D eigenvalue weighted by Gasteiger charge is 2.18. The molecule has 116 valence electrons. The molecule has 0 aliphatic carbocycles. The summed E-state index contributed by atoms with van der Waals surface area (Å²) in [6.07, 6.45) is 0. The number of hydrogen-bond acceptors (Lipinski definition) is 2. The van der Waals surface area contributed by atoms with Crippen molar-refractivity contribution in [1.82, 2.24) is 10.2 Å². The van der Waals surface area contributed by atoms with Crippen molar-refractivity contribution < 1.29 is 9.59 Å². The Bertz CT molecular complexity index is 538. The fraction of sp³-hybridized carbons (Fsp3) is 0.467. The summed E-state index contributed by atoms with van der Waals surface area (Å²) in [4.78, 5) is 25.2. The van der Waals surface area contributed by atoms with Gasteiger partial charge in [0, 0.05) is 23.3 Å². The topological polar surface area (TPSA) is 61.4 Å². The number of carbonyl (C=O) groups excluding carboxylic acids is 2. The maximum Gasteiger partial charge on any atom is 0.322 e. The van der Waals surface area contributed by atoms with E-state index >= 15 is 0 Å². The highest BCUT2D eigenvalue weighted by Crippen LogP contribution is 2.23. The summed E-state index contributed by atoms with van der Waals surface area (Å²) in [7, 11) is 1.57. The van der Waals surface area contributed by atoms with Crippen molar-refractivity contribution >= 4 is 29.2 Å². The summed E-state index contributed by atoms with van der Waals surface area (Å²) in [5, 5.41) is 6.13. The zero-order valence-electron chi connectivity index (χ0n) is 13.1. The molecule has 0 unspecified atom stereocenters. The lowest BCUT2D eigenvalue weighted by Gasteiger charge is -2.23. The predicted octanol–water partition coefficient (Wildman–Crippen LogP) is 3.03. The molecule has 0 fully saturated rings. The molecule has 6 heteroatoms. The third kappa shape index (κ3) is 5.63. The number of likely N-dealkylation sites (N-methyl/N-ethyl adjacent to an activating group) is 1. The Morgan fingerprint density at radius 3 is 2.48 bits per heavy atom. The van der Waals surface area contributed by atoms with Crippen LogP contribution in [0.1, 0.15) is 26.3 Å². The van der Waals surface area contributed by atoms with Gasteiger partial charge in [-0.3, -0.25) is 4.79 Å². The van der Waals surface area contributed by atoms with Gasteiger partial charge in [0.1, 0.15) is 6.54 Å². The number of amides is 3. The molecule has 1 rings (SSSR count). The first-order chi connectivity index (χ1) is 9.60. The second kappa shape index (κ2) is 6.80. The Balaban J connectivity index is 2.63. The van der Waals surface area contributed by atoms with E-state index in [1.165, 1.54) is 4.90 Å². The maximum absolute atomic E-state index is 12.1. The minimum Gasteiger partial charge on any atom is -0.350 e. The SMILES string of the molecule is Cc1c(Cl)cccc1NC(=O)N(C)CC(=O)NC(C)(C)C. The zero-order chi connectivity index (χ0) is 16.2. The molecule has 0 aliphatic heterocycles. The van der Waals surface area contributed by atoms with Gasteiger partial charge in [-0.1, -0.05) is 17.7 Å². The summed E-state index contributed by atoms with van der Waals surface area (Å²) >= 11 is 6.00. The molecule has 0 radical (unpaired) electrons. The van der Waals surface area contributed by atoms with Gasteiger partial charge in [0.15, 0.2) is 0 Å². The van der Waals surface area contributed by atoms with Gasteiger partial charge in [0.2, 0.25) is 5.91 Å². The first kappa shape index (κ1) is 17.3. The summed E-state index contributed by atoms with van der Waals surface area (Å²) in [6.45, 7) is 7.48. The molecular formula is C15H22ClN3O2. The van der Waals surface area contributed by atoms with Crippen molar-refractivity contribution in [3.05, 3.63) is 28.8 Å². The summed E-state index contributed by atoms with van der Waals surface area (Å²) in [5.74, 6) is -0.206. The predicted molar refractivity (Wildman–Crippen MR) is 85.7 cm³/mol. The molecule has 21 heavy (non-hydrogen) atoms. The van der Waals surface area contributed by atoms with E-state index in [0.29, 0.717) is 10.7 Å². The Hall–Kier alpha value is -1.75. The van der Waals surface area contributed by atoms with Crippen LogP contribution in [-0.2, 0) is 4.79 Å². The summed E-state index contributed by atoms with van der Waals surface area (Å²) in [5.41, 5.74) is 1.11. The average molecular weight is 312 g/mol. The van der Waals surface area contributed by atoms with Crippen LogP contribution < -0.4 is 10.6 Å². The van der Waals surface area contributed by atoms with Gasteiger partial charge in [-0.25, -0.2) is 4.79 Å². The van der Waals surface area contributed by atoms with Gasteiger partial charge in [0.05, 0.1) is 0 Å². The molecule has 0 aromatic heterocycles. The molecule has 0 saturated heterocycles. The van der Waals surface area contributed by atoms with Crippen LogP contribution in [0.4, 0.5) is 10.5 Å². The molecule has 1 aromatic rings. The van der Waals surface area contributed by atoms with E-state index in [9.17, 15) is 9.59 Å². The molecule has 1 aromatic carbocycles. The average Bonchev–Trinajstić information content (AvgIpc) is 2.32. The number of nitrogens with zero attached hydrogens (tertiary/aromatic N) is 1. The van der Waals surface area contributed by atoms with Gasteiger partial charge in [-0.05, 0) is 45.4 Å². The number of benzene rings is 1. The minimum atomic E-state index is -0.357. The molecule has 0 bridgehead atoms. The normalized spacial score (nSPS) is 11.0. The van der Waals surface area contributed by atoms with E-state index in [-0.39, 0.29) is 24.0 Å². The third-order valence-corrected chi connectivity index (χ3v) is 3.16. The molecule has 0 spiro atoms. The van der Waals surface area contributed by atoms with E-state index in [2.05, 4.69) is 10.6 Å².